The van der Waals surface area contributed by atoms with E-state index in [1.54, 1.807) is 6.92 Å². The molecular formula is C12H21N3O3S2. The number of rotatable bonds is 6. The van der Waals surface area contributed by atoms with Gasteiger partial charge in [0, 0.05) is 13.1 Å². The number of anilines is 1. The number of sulfonamides is 1. The highest BCUT2D eigenvalue weighted by atomic mass is 32.2. The Bertz CT molecular complexity index is 581. The van der Waals surface area contributed by atoms with Gasteiger partial charge in [-0.25, -0.2) is 17.7 Å². The van der Waals surface area contributed by atoms with E-state index in [0.29, 0.717) is 15.7 Å². The lowest BCUT2D eigenvalue weighted by Crippen LogP contribution is -2.32. The van der Waals surface area contributed by atoms with Crippen molar-refractivity contribution >= 4 is 32.4 Å². The lowest BCUT2D eigenvalue weighted by atomic mass is 10.2. The minimum Gasteiger partial charge on any atom is -0.349 e. The summed E-state index contributed by atoms with van der Waals surface area (Å²) in [7, 11) is -1.94. The van der Waals surface area contributed by atoms with Gasteiger partial charge in [-0.3, -0.25) is 4.79 Å². The van der Waals surface area contributed by atoms with Crippen LogP contribution in [0.15, 0.2) is 0 Å². The van der Waals surface area contributed by atoms with E-state index >= 15 is 0 Å². The number of amides is 1. The Morgan fingerprint density at radius 1 is 1.50 bits per heavy atom. The maximum atomic E-state index is 12.1. The Morgan fingerprint density at radius 2 is 2.10 bits per heavy atom. The normalized spacial score (nSPS) is 13.1. The lowest BCUT2D eigenvalue weighted by Gasteiger charge is -2.12. The van der Waals surface area contributed by atoms with Crippen molar-refractivity contribution in [2.75, 3.05) is 17.6 Å². The first-order chi connectivity index (χ1) is 9.16. The van der Waals surface area contributed by atoms with Crippen LogP contribution in [0, 0.1) is 6.92 Å². The van der Waals surface area contributed by atoms with E-state index in [4.69, 9.17) is 0 Å². The number of carbonyl (C=O) groups is 1. The molecule has 0 aliphatic heterocycles. The smallest absolute Gasteiger partial charge is 0.263 e. The van der Waals surface area contributed by atoms with E-state index in [9.17, 15) is 13.2 Å². The molecule has 0 radical (unpaired) electrons. The summed E-state index contributed by atoms with van der Waals surface area (Å²) in [4.78, 5) is 16.7. The summed E-state index contributed by atoms with van der Waals surface area (Å²) in [6, 6.07) is 0.0880. The maximum Gasteiger partial charge on any atom is 0.263 e. The maximum absolute atomic E-state index is 12.1. The van der Waals surface area contributed by atoms with Gasteiger partial charge in [0.1, 0.15) is 4.88 Å². The van der Waals surface area contributed by atoms with E-state index in [0.717, 1.165) is 34.7 Å². The van der Waals surface area contributed by atoms with Crippen LogP contribution in [0.25, 0.3) is 0 Å². The summed E-state index contributed by atoms with van der Waals surface area (Å²) in [6.45, 7) is 5.70. The quantitative estimate of drug-likeness (QED) is 0.866. The minimum absolute atomic E-state index is 0.0880. The van der Waals surface area contributed by atoms with Gasteiger partial charge in [-0.15, -0.1) is 0 Å². The second kappa shape index (κ2) is 6.53. The van der Waals surface area contributed by atoms with Crippen molar-refractivity contribution in [3.8, 4) is 0 Å². The molecule has 8 heteroatoms. The van der Waals surface area contributed by atoms with Crippen LogP contribution in [0.4, 0.5) is 5.13 Å². The molecule has 1 N–H and O–H groups in total. The molecule has 0 spiro atoms. The van der Waals surface area contributed by atoms with Crippen LogP contribution in [0.1, 0.15) is 42.1 Å². The average Bonchev–Trinajstić information content (AvgIpc) is 2.69. The van der Waals surface area contributed by atoms with Crippen LogP contribution in [0.2, 0.25) is 0 Å². The summed E-state index contributed by atoms with van der Waals surface area (Å²) >= 11 is 1.09. The number of carbonyl (C=O) groups excluding carboxylic acids is 1. The molecule has 1 unspecified atom stereocenters. The minimum atomic E-state index is -3.37. The van der Waals surface area contributed by atoms with Gasteiger partial charge in [0.25, 0.3) is 5.91 Å². The summed E-state index contributed by atoms with van der Waals surface area (Å²) in [5.74, 6) is -0.200. The fourth-order valence-electron chi connectivity index (χ4n) is 1.66. The lowest BCUT2D eigenvalue weighted by molar-refractivity contribution is 0.0941. The number of aryl methyl sites for hydroxylation is 1. The Morgan fingerprint density at radius 3 is 2.60 bits per heavy atom. The van der Waals surface area contributed by atoms with E-state index in [1.807, 2.05) is 6.92 Å². The zero-order valence-corrected chi connectivity index (χ0v) is 14.1. The average molecular weight is 319 g/mol. The molecule has 0 bridgehead atoms. The summed E-state index contributed by atoms with van der Waals surface area (Å²) < 4.78 is 24.0. The molecule has 1 aromatic rings. The molecule has 0 saturated carbocycles. The molecule has 1 heterocycles. The molecule has 6 nitrogen and oxygen atoms in total. The van der Waals surface area contributed by atoms with Crippen molar-refractivity contribution < 1.29 is 13.2 Å². The van der Waals surface area contributed by atoms with Crippen LogP contribution >= 0.6 is 11.3 Å². The topological polar surface area (TPSA) is 79.4 Å². The molecule has 0 saturated heterocycles. The largest absolute Gasteiger partial charge is 0.349 e. The van der Waals surface area contributed by atoms with Gasteiger partial charge in [0.15, 0.2) is 5.13 Å². The molecule has 1 atom stereocenters. The number of thiazole rings is 1. The highest BCUT2D eigenvalue weighted by Gasteiger charge is 2.21. The van der Waals surface area contributed by atoms with E-state index in [-0.39, 0.29) is 11.9 Å². The third-order valence-corrected chi connectivity index (χ3v) is 5.37. The third kappa shape index (κ3) is 4.17. The molecule has 1 amide bonds. The third-order valence-electron chi connectivity index (χ3n) is 2.86. The second-order valence-corrected chi connectivity index (χ2v) is 7.80. The number of aromatic nitrogens is 1. The number of nitrogens with one attached hydrogen (secondary N) is 1. The molecule has 0 aliphatic carbocycles. The van der Waals surface area contributed by atoms with Gasteiger partial charge in [-0.05, 0) is 20.3 Å². The number of hydrogen-bond acceptors (Lipinski definition) is 5. The van der Waals surface area contributed by atoms with E-state index < -0.39 is 10.0 Å². The SMILES string of the molecule is CCCC(C)NC(=O)c1sc(N(C)S(C)(=O)=O)nc1C. The Hall–Kier alpha value is -1.15. The second-order valence-electron chi connectivity index (χ2n) is 4.80. The predicted octanol–water partition coefficient (Wildman–Crippen LogP) is 1.77. The van der Waals surface area contributed by atoms with Crippen LogP contribution in [0.3, 0.4) is 0 Å². The van der Waals surface area contributed by atoms with Crippen molar-refractivity contribution in [3.05, 3.63) is 10.6 Å². The van der Waals surface area contributed by atoms with Gasteiger partial charge in [0.2, 0.25) is 10.0 Å². The Balaban J connectivity index is 2.93. The first kappa shape index (κ1) is 16.9. The van der Waals surface area contributed by atoms with E-state index in [1.165, 1.54) is 7.05 Å². The molecule has 0 aromatic carbocycles. The van der Waals surface area contributed by atoms with Crippen LogP contribution in [-0.4, -0.2) is 38.7 Å². The van der Waals surface area contributed by atoms with Gasteiger partial charge >= 0.3 is 0 Å². The molecule has 1 rings (SSSR count). The van der Waals surface area contributed by atoms with Gasteiger partial charge in [0.05, 0.1) is 11.9 Å². The van der Waals surface area contributed by atoms with Crippen LogP contribution in [-0.2, 0) is 10.0 Å². The molecule has 0 fully saturated rings. The zero-order chi connectivity index (χ0) is 15.5. The molecular weight excluding hydrogens is 298 g/mol. The fraction of sp³-hybridized carbons (Fsp3) is 0.667. The molecule has 0 aliphatic rings. The van der Waals surface area contributed by atoms with Crippen LogP contribution < -0.4 is 9.62 Å². The fourth-order valence-corrected chi connectivity index (χ4v) is 3.35. The first-order valence-electron chi connectivity index (χ1n) is 6.39. The summed E-state index contributed by atoms with van der Waals surface area (Å²) in [5.41, 5.74) is 0.543. The molecule has 20 heavy (non-hydrogen) atoms. The Kier molecular flexibility index (Phi) is 5.52. The van der Waals surface area contributed by atoms with Crippen molar-refractivity contribution in [3.63, 3.8) is 0 Å². The number of nitrogens with zero attached hydrogens (tertiary/aromatic N) is 2. The monoisotopic (exact) mass is 319 g/mol. The predicted molar refractivity (Wildman–Crippen MR) is 81.9 cm³/mol. The van der Waals surface area contributed by atoms with Crippen molar-refractivity contribution in [1.82, 2.24) is 10.3 Å². The van der Waals surface area contributed by atoms with Crippen molar-refractivity contribution in [2.24, 2.45) is 0 Å². The van der Waals surface area contributed by atoms with Crippen LogP contribution in [0.5, 0.6) is 0 Å². The van der Waals surface area contributed by atoms with Gasteiger partial charge < -0.3 is 5.32 Å². The van der Waals surface area contributed by atoms with Gasteiger partial charge in [-0.2, -0.15) is 0 Å². The van der Waals surface area contributed by atoms with Crippen molar-refractivity contribution in [1.29, 1.82) is 0 Å². The standard InChI is InChI=1S/C12H21N3O3S2/c1-6-7-8(2)13-11(16)10-9(3)14-12(19-10)15(4)20(5,17)18/h8H,6-7H2,1-5H3,(H,13,16). The number of hydrogen-bond donors (Lipinski definition) is 1. The Labute approximate surface area is 124 Å². The highest BCUT2D eigenvalue weighted by molar-refractivity contribution is 7.92. The summed E-state index contributed by atoms with van der Waals surface area (Å²) in [5, 5.41) is 3.20. The van der Waals surface area contributed by atoms with Gasteiger partial charge in [-0.1, -0.05) is 24.7 Å². The van der Waals surface area contributed by atoms with Crippen molar-refractivity contribution in [2.45, 2.75) is 39.7 Å². The molecule has 114 valence electrons. The first-order valence-corrected chi connectivity index (χ1v) is 9.05. The van der Waals surface area contributed by atoms with E-state index in [2.05, 4.69) is 17.2 Å². The molecule has 1 aromatic heterocycles. The highest BCUT2D eigenvalue weighted by Crippen LogP contribution is 2.26. The zero-order valence-electron chi connectivity index (χ0n) is 12.4. The summed E-state index contributed by atoms with van der Waals surface area (Å²) in [6.07, 6.45) is 3.00.